The van der Waals surface area contributed by atoms with Crippen LogP contribution in [-0.4, -0.2) is 59.3 Å². The van der Waals surface area contributed by atoms with Gasteiger partial charge in [0, 0.05) is 33.7 Å². The summed E-state index contributed by atoms with van der Waals surface area (Å²) in [7, 11) is 7.77. The summed E-state index contributed by atoms with van der Waals surface area (Å²) in [5.41, 5.74) is 0.288. The van der Waals surface area contributed by atoms with Gasteiger partial charge in [0.25, 0.3) is 0 Å². The molecule has 0 amide bonds. The molecule has 0 aromatic heterocycles. The lowest BCUT2D eigenvalue weighted by Gasteiger charge is -2.29. The summed E-state index contributed by atoms with van der Waals surface area (Å²) < 4.78 is 0. The first-order valence-electron chi connectivity index (χ1n) is 5.82. The minimum Gasteiger partial charge on any atom is -0.357 e. The van der Waals surface area contributed by atoms with Crippen molar-refractivity contribution in [2.45, 2.75) is 25.3 Å². The second-order valence-corrected chi connectivity index (χ2v) is 6.51. The molecule has 1 atom stereocenters. The molecule has 1 unspecified atom stereocenters. The molecule has 16 heavy (non-hydrogen) atoms. The van der Waals surface area contributed by atoms with Gasteiger partial charge in [0.1, 0.15) is 0 Å². The molecule has 0 radical (unpaired) electrons. The van der Waals surface area contributed by atoms with Crippen LogP contribution in [0, 0.1) is 0 Å². The Morgan fingerprint density at radius 3 is 2.88 bits per heavy atom. The Bertz CT molecular complexity index is 270. The van der Waals surface area contributed by atoms with E-state index in [9.17, 15) is 0 Å². The van der Waals surface area contributed by atoms with E-state index in [0.717, 1.165) is 18.3 Å². The molecule has 0 aliphatic carbocycles. The van der Waals surface area contributed by atoms with Crippen molar-refractivity contribution < 1.29 is 0 Å². The molecule has 4 nitrogen and oxygen atoms in total. The Hall–Kier alpha value is 0.0900. The van der Waals surface area contributed by atoms with E-state index in [1.807, 2.05) is 10.8 Å². The van der Waals surface area contributed by atoms with Crippen LogP contribution in [0.3, 0.4) is 0 Å². The Balaban J connectivity index is 1.97. The van der Waals surface area contributed by atoms with Gasteiger partial charge in [-0.05, 0) is 34.4 Å². The normalized spacial score (nSPS) is 27.4. The highest BCUT2D eigenvalue weighted by Crippen LogP contribution is 2.40. The monoisotopic (exact) mass is 260 g/mol. The third-order valence-corrected chi connectivity index (χ3v) is 5.20. The second-order valence-electron chi connectivity index (χ2n) is 4.28. The lowest BCUT2D eigenvalue weighted by molar-refractivity contribution is 0.0193. The summed E-state index contributed by atoms with van der Waals surface area (Å²) in [6.45, 7) is 5.75. The number of rotatable bonds is 3. The minimum atomic E-state index is 0.288. The van der Waals surface area contributed by atoms with E-state index in [4.69, 9.17) is 4.99 Å². The van der Waals surface area contributed by atoms with Crippen molar-refractivity contribution in [1.82, 2.24) is 14.9 Å². The highest BCUT2D eigenvalue weighted by atomic mass is 33.1. The fourth-order valence-electron chi connectivity index (χ4n) is 1.96. The van der Waals surface area contributed by atoms with Crippen LogP contribution >= 0.6 is 21.6 Å². The average molecular weight is 260 g/mol. The van der Waals surface area contributed by atoms with Gasteiger partial charge in [0.2, 0.25) is 0 Å². The zero-order valence-corrected chi connectivity index (χ0v) is 11.9. The number of hydrogen-bond acceptors (Lipinski definition) is 6. The molecule has 6 heteroatoms. The maximum absolute atomic E-state index is 4.75. The van der Waals surface area contributed by atoms with E-state index < -0.39 is 0 Å². The lowest BCUT2D eigenvalue weighted by atomic mass is 10.4. The molecule has 0 aromatic rings. The molecule has 1 saturated heterocycles. The Morgan fingerprint density at radius 2 is 2.25 bits per heavy atom. The van der Waals surface area contributed by atoms with Crippen LogP contribution in [-0.2, 0) is 0 Å². The molecule has 92 valence electrons. The third kappa shape index (κ3) is 2.67. The van der Waals surface area contributed by atoms with Crippen molar-refractivity contribution in [2.75, 3.05) is 33.7 Å². The highest BCUT2D eigenvalue weighted by molar-refractivity contribution is 8.82. The van der Waals surface area contributed by atoms with Crippen LogP contribution in [0.5, 0.6) is 0 Å². The van der Waals surface area contributed by atoms with Crippen LogP contribution < -0.4 is 0 Å². The van der Waals surface area contributed by atoms with Gasteiger partial charge in [0.05, 0.1) is 0 Å². The van der Waals surface area contributed by atoms with Crippen molar-refractivity contribution in [3.8, 4) is 0 Å². The number of aliphatic imine (C=N–C) groups is 1. The van der Waals surface area contributed by atoms with Crippen LogP contribution in [0.2, 0.25) is 0 Å². The molecule has 0 bridgehead atoms. The highest BCUT2D eigenvalue weighted by Gasteiger charge is 2.32. The van der Waals surface area contributed by atoms with Gasteiger partial charge in [-0.2, -0.15) is 0 Å². The van der Waals surface area contributed by atoms with Crippen LogP contribution in [0.25, 0.3) is 0 Å². The number of hydrogen-bond donors (Lipinski definition) is 0. The number of hydrazine groups is 1. The van der Waals surface area contributed by atoms with Gasteiger partial charge in [-0.25, -0.2) is 15.0 Å². The Morgan fingerprint density at radius 1 is 1.44 bits per heavy atom. The van der Waals surface area contributed by atoms with Gasteiger partial charge in [-0.3, -0.25) is 0 Å². The number of amidine groups is 1. The van der Waals surface area contributed by atoms with Crippen molar-refractivity contribution in [1.29, 1.82) is 0 Å². The maximum Gasteiger partial charge on any atom is 0.175 e. The smallest absolute Gasteiger partial charge is 0.175 e. The van der Waals surface area contributed by atoms with E-state index in [1.165, 1.54) is 19.4 Å². The molecule has 0 saturated carbocycles. The summed E-state index contributed by atoms with van der Waals surface area (Å²) >= 11 is 0. The van der Waals surface area contributed by atoms with Crippen LogP contribution in [0.1, 0.15) is 19.8 Å². The predicted octanol–water partition coefficient (Wildman–Crippen LogP) is 1.92. The van der Waals surface area contributed by atoms with Crippen molar-refractivity contribution in [3.05, 3.63) is 0 Å². The van der Waals surface area contributed by atoms with Gasteiger partial charge in [0.15, 0.2) is 10.7 Å². The fraction of sp³-hybridized carbons (Fsp3) is 0.900. The molecular formula is C10H20N4S2. The first-order valence-corrected chi connectivity index (χ1v) is 8.03. The van der Waals surface area contributed by atoms with Crippen molar-refractivity contribution >= 4 is 26.8 Å². The fourth-order valence-corrected chi connectivity index (χ4v) is 4.50. The molecule has 2 rings (SSSR count). The van der Waals surface area contributed by atoms with Crippen LogP contribution in [0.4, 0.5) is 0 Å². The molecule has 2 aliphatic rings. The summed E-state index contributed by atoms with van der Waals surface area (Å²) in [5.74, 6) is 0. The predicted molar refractivity (Wildman–Crippen MR) is 73.3 cm³/mol. The first-order chi connectivity index (χ1) is 7.72. The van der Waals surface area contributed by atoms with E-state index in [2.05, 4.69) is 35.9 Å². The van der Waals surface area contributed by atoms with Crippen molar-refractivity contribution in [3.63, 3.8) is 0 Å². The van der Waals surface area contributed by atoms with E-state index in [-0.39, 0.29) is 5.50 Å². The van der Waals surface area contributed by atoms with Crippen molar-refractivity contribution in [2.24, 2.45) is 4.99 Å². The maximum atomic E-state index is 4.75. The molecule has 0 N–H and O–H groups in total. The Kier molecular flexibility index (Phi) is 4.41. The second kappa shape index (κ2) is 5.62. The average Bonchev–Trinajstić information content (AvgIpc) is 2.84. The molecule has 2 heterocycles. The van der Waals surface area contributed by atoms with E-state index >= 15 is 0 Å². The van der Waals surface area contributed by atoms with Gasteiger partial charge >= 0.3 is 0 Å². The lowest BCUT2D eigenvalue weighted by Crippen LogP contribution is -2.41. The summed E-state index contributed by atoms with van der Waals surface area (Å²) in [4.78, 5) is 6.85. The number of nitrogens with zero attached hydrogens (tertiary/aromatic N) is 4. The standard InChI is InChI=1S/C10H20N4S2/c1-4-6-13-7-5-8-14(13)10-11-9(12(2)3)15-16-10/h10H,4-8H2,1-3H3. The largest absolute Gasteiger partial charge is 0.357 e. The van der Waals surface area contributed by atoms with E-state index in [1.54, 1.807) is 10.8 Å². The zero-order valence-electron chi connectivity index (χ0n) is 10.2. The Labute approximate surface area is 106 Å². The topological polar surface area (TPSA) is 22.1 Å². The van der Waals surface area contributed by atoms with Crippen LogP contribution in [0.15, 0.2) is 4.99 Å². The molecule has 0 aromatic carbocycles. The molecule has 1 fully saturated rings. The first kappa shape index (κ1) is 12.5. The van der Waals surface area contributed by atoms with Gasteiger partial charge in [-0.15, -0.1) is 0 Å². The molecule has 0 spiro atoms. The third-order valence-electron chi connectivity index (χ3n) is 2.72. The molecular weight excluding hydrogens is 240 g/mol. The van der Waals surface area contributed by atoms with E-state index in [0.29, 0.717) is 0 Å². The SMILES string of the molecule is CCCN1CCCN1C1N=C(N(C)C)SS1. The molecule has 2 aliphatic heterocycles. The quantitative estimate of drug-likeness (QED) is 0.721. The summed E-state index contributed by atoms with van der Waals surface area (Å²) in [6.07, 6.45) is 2.49. The zero-order chi connectivity index (χ0) is 11.5. The van der Waals surface area contributed by atoms with Gasteiger partial charge < -0.3 is 4.90 Å². The van der Waals surface area contributed by atoms with Gasteiger partial charge in [-0.1, -0.05) is 6.92 Å². The summed E-state index contributed by atoms with van der Waals surface area (Å²) in [5, 5.41) is 6.02. The minimum absolute atomic E-state index is 0.288. The summed E-state index contributed by atoms with van der Waals surface area (Å²) in [6, 6.07) is 0.